The molecule has 4 aromatic rings. The van der Waals surface area contributed by atoms with Crippen LogP contribution in [0.5, 0.6) is 11.5 Å². The number of ketones is 1. The molecule has 0 atom stereocenters. The molecule has 162 valence electrons. The van der Waals surface area contributed by atoms with Gasteiger partial charge in [-0.1, -0.05) is 27.7 Å². The van der Waals surface area contributed by atoms with Gasteiger partial charge in [0.1, 0.15) is 11.5 Å². The van der Waals surface area contributed by atoms with Crippen LogP contribution >= 0.6 is 27.7 Å². The van der Waals surface area contributed by atoms with Crippen LogP contribution in [0.1, 0.15) is 10.4 Å². The Bertz CT molecular complexity index is 1230. The molecule has 2 heterocycles. The number of hydrogen-bond donors (Lipinski definition) is 0. The summed E-state index contributed by atoms with van der Waals surface area (Å²) in [5.41, 5.74) is 2.17. The quantitative estimate of drug-likeness (QED) is 0.241. The minimum atomic E-state index is -0.0981. The zero-order valence-electron chi connectivity index (χ0n) is 17.4. The number of pyridine rings is 1. The highest BCUT2D eigenvalue weighted by molar-refractivity contribution is 9.10. The van der Waals surface area contributed by atoms with E-state index in [2.05, 4.69) is 31.1 Å². The van der Waals surface area contributed by atoms with Crippen LogP contribution in [-0.4, -0.2) is 45.5 Å². The van der Waals surface area contributed by atoms with Gasteiger partial charge in [0.25, 0.3) is 0 Å². The fraction of sp³-hybridized carbons (Fsp3) is 0.130. The number of carbonyl (C=O) groups excluding carboxylic acids is 1. The molecule has 0 saturated heterocycles. The molecule has 7 nitrogen and oxygen atoms in total. The molecular formula is C23H19BrN4O3S. The van der Waals surface area contributed by atoms with Crippen molar-refractivity contribution in [2.75, 3.05) is 20.0 Å². The Kier molecular flexibility index (Phi) is 6.87. The van der Waals surface area contributed by atoms with Crippen LogP contribution in [0.3, 0.4) is 0 Å². The lowest BCUT2D eigenvalue weighted by Gasteiger charge is -2.11. The molecule has 0 spiro atoms. The molecule has 0 aliphatic carbocycles. The van der Waals surface area contributed by atoms with Gasteiger partial charge in [0, 0.05) is 28.1 Å². The smallest absolute Gasteiger partial charge is 0.196 e. The number of carbonyl (C=O) groups is 1. The van der Waals surface area contributed by atoms with E-state index in [0.717, 1.165) is 15.7 Å². The fourth-order valence-electron chi connectivity index (χ4n) is 3.11. The maximum Gasteiger partial charge on any atom is 0.196 e. The molecule has 2 aromatic carbocycles. The van der Waals surface area contributed by atoms with Crippen LogP contribution in [0.15, 0.2) is 76.6 Å². The van der Waals surface area contributed by atoms with Crippen LogP contribution in [-0.2, 0) is 0 Å². The summed E-state index contributed by atoms with van der Waals surface area (Å²) in [5.74, 6) is 1.80. The maximum absolute atomic E-state index is 13.0. The molecule has 4 rings (SSSR count). The molecule has 0 N–H and O–H groups in total. The number of Topliss-reactive ketones (excluding diaryl/α,β-unsaturated/α-hetero) is 1. The highest BCUT2D eigenvalue weighted by atomic mass is 79.9. The van der Waals surface area contributed by atoms with E-state index in [1.165, 1.54) is 18.9 Å². The second-order valence-electron chi connectivity index (χ2n) is 6.64. The lowest BCUT2D eigenvalue weighted by Crippen LogP contribution is -2.07. The van der Waals surface area contributed by atoms with Crippen LogP contribution in [0, 0.1) is 0 Å². The summed E-state index contributed by atoms with van der Waals surface area (Å²) >= 11 is 4.78. The van der Waals surface area contributed by atoms with Gasteiger partial charge in [0.15, 0.2) is 16.8 Å². The summed E-state index contributed by atoms with van der Waals surface area (Å²) in [6, 6.07) is 16.8. The predicted octanol–water partition coefficient (Wildman–Crippen LogP) is 5.08. The molecule has 0 saturated carbocycles. The van der Waals surface area contributed by atoms with Crippen molar-refractivity contribution in [2.24, 2.45) is 0 Å². The first-order valence-corrected chi connectivity index (χ1v) is 11.4. The van der Waals surface area contributed by atoms with Crippen molar-refractivity contribution in [2.45, 2.75) is 5.16 Å². The summed E-state index contributed by atoms with van der Waals surface area (Å²) in [7, 11) is 3.10. The number of benzene rings is 2. The molecule has 0 fully saturated rings. The molecule has 9 heteroatoms. The second-order valence-corrected chi connectivity index (χ2v) is 8.50. The second kappa shape index (κ2) is 9.97. The number of ether oxygens (including phenoxy) is 2. The normalized spacial score (nSPS) is 10.7. The fourth-order valence-corrected chi connectivity index (χ4v) is 4.21. The van der Waals surface area contributed by atoms with Crippen molar-refractivity contribution in [3.05, 3.63) is 77.0 Å². The van der Waals surface area contributed by atoms with E-state index in [1.807, 2.05) is 41.0 Å². The molecule has 0 radical (unpaired) electrons. The number of rotatable bonds is 8. The van der Waals surface area contributed by atoms with Crippen molar-refractivity contribution in [3.63, 3.8) is 0 Å². The predicted molar refractivity (Wildman–Crippen MR) is 127 cm³/mol. The van der Waals surface area contributed by atoms with Gasteiger partial charge in [0.05, 0.1) is 25.5 Å². The Morgan fingerprint density at radius 3 is 2.56 bits per heavy atom. The first-order chi connectivity index (χ1) is 15.6. The first kappa shape index (κ1) is 22.0. The van der Waals surface area contributed by atoms with Crippen LogP contribution in [0.2, 0.25) is 0 Å². The monoisotopic (exact) mass is 510 g/mol. The molecule has 0 amide bonds. The Morgan fingerprint density at radius 1 is 1.06 bits per heavy atom. The van der Waals surface area contributed by atoms with Crippen LogP contribution in [0.25, 0.3) is 17.1 Å². The lowest BCUT2D eigenvalue weighted by atomic mass is 10.1. The summed E-state index contributed by atoms with van der Waals surface area (Å²) in [5, 5.41) is 9.34. The highest BCUT2D eigenvalue weighted by Crippen LogP contribution is 2.30. The number of nitrogens with zero attached hydrogens (tertiary/aromatic N) is 4. The van der Waals surface area contributed by atoms with E-state index in [1.54, 1.807) is 37.7 Å². The number of methoxy groups -OCH3 is 2. The van der Waals surface area contributed by atoms with Gasteiger partial charge in [-0.25, -0.2) is 0 Å². The third kappa shape index (κ3) is 4.68. The molecule has 0 bridgehead atoms. The maximum atomic E-state index is 13.0. The third-order valence-electron chi connectivity index (χ3n) is 4.68. The number of aromatic nitrogens is 4. The van der Waals surface area contributed by atoms with E-state index in [-0.39, 0.29) is 11.5 Å². The first-order valence-electron chi connectivity index (χ1n) is 9.60. The summed E-state index contributed by atoms with van der Waals surface area (Å²) in [4.78, 5) is 17.2. The van der Waals surface area contributed by atoms with Crippen molar-refractivity contribution >= 4 is 33.5 Å². The molecule has 2 aromatic heterocycles. The zero-order chi connectivity index (χ0) is 22.5. The highest BCUT2D eigenvalue weighted by Gasteiger charge is 2.19. The van der Waals surface area contributed by atoms with Gasteiger partial charge in [-0.3, -0.25) is 14.3 Å². The van der Waals surface area contributed by atoms with E-state index in [9.17, 15) is 4.79 Å². The van der Waals surface area contributed by atoms with Crippen LogP contribution < -0.4 is 9.47 Å². The lowest BCUT2D eigenvalue weighted by molar-refractivity contribution is 0.101. The minimum Gasteiger partial charge on any atom is -0.497 e. The number of hydrogen-bond acceptors (Lipinski definition) is 7. The average Bonchev–Trinajstić information content (AvgIpc) is 3.27. The van der Waals surface area contributed by atoms with Gasteiger partial charge >= 0.3 is 0 Å². The van der Waals surface area contributed by atoms with Crippen molar-refractivity contribution in [1.29, 1.82) is 0 Å². The average molecular weight is 511 g/mol. The minimum absolute atomic E-state index is 0.0981. The van der Waals surface area contributed by atoms with E-state index in [0.29, 0.717) is 28.0 Å². The van der Waals surface area contributed by atoms with Gasteiger partial charge in [-0.15, -0.1) is 10.2 Å². The molecular weight excluding hydrogens is 492 g/mol. The van der Waals surface area contributed by atoms with Gasteiger partial charge in [-0.2, -0.15) is 0 Å². The number of halogens is 1. The largest absolute Gasteiger partial charge is 0.497 e. The third-order valence-corrected chi connectivity index (χ3v) is 6.13. The zero-order valence-corrected chi connectivity index (χ0v) is 19.8. The van der Waals surface area contributed by atoms with E-state index >= 15 is 0 Å². The molecule has 0 aliphatic rings. The van der Waals surface area contributed by atoms with Crippen molar-refractivity contribution in [3.8, 4) is 28.6 Å². The van der Waals surface area contributed by atoms with Crippen molar-refractivity contribution in [1.82, 2.24) is 19.7 Å². The molecule has 0 aliphatic heterocycles. The summed E-state index contributed by atoms with van der Waals surface area (Å²) < 4.78 is 13.5. The van der Waals surface area contributed by atoms with E-state index < -0.39 is 0 Å². The van der Waals surface area contributed by atoms with Gasteiger partial charge in [0.2, 0.25) is 0 Å². The molecule has 0 unspecified atom stereocenters. The standard InChI is InChI=1S/C23H19BrN4O3S/c1-30-18-9-10-21(31-2)19(12-18)20(29)14-32-23-27-26-22(15-4-3-11-25-13-15)28(23)17-7-5-16(24)6-8-17/h3-13H,14H2,1-2H3. The van der Waals surface area contributed by atoms with Crippen molar-refractivity contribution < 1.29 is 14.3 Å². The summed E-state index contributed by atoms with van der Waals surface area (Å²) in [6.45, 7) is 0. The SMILES string of the molecule is COc1ccc(OC)c(C(=O)CSc2nnc(-c3cccnc3)n2-c2ccc(Br)cc2)c1. The van der Waals surface area contributed by atoms with Gasteiger partial charge < -0.3 is 9.47 Å². The Morgan fingerprint density at radius 2 is 1.88 bits per heavy atom. The van der Waals surface area contributed by atoms with Crippen LogP contribution in [0.4, 0.5) is 0 Å². The topological polar surface area (TPSA) is 79.1 Å². The van der Waals surface area contributed by atoms with Gasteiger partial charge in [-0.05, 0) is 54.6 Å². The number of thioether (sulfide) groups is 1. The van der Waals surface area contributed by atoms with E-state index in [4.69, 9.17) is 9.47 Å². The Labute approximate surface area is 197 Å². The Hall–Kier alpha value is -3.17. The molecule has 32 heavy (non-hydrogen) atoms. The Balaban J connectivity index is 1.67. The summed E-state index contributed by atoms with van der Waals surface area (Å²) in [6.07, 6.45) is 3.44.